The minimum atomic E-state index is -1.60. The van der Waals surface area contributed by atoms with Crippen molar-refractivity contribution in [3.05, 3.63) is 95.6 Å². The van der Waals surface area contributed by atoms with Gasteiger partial charge in [-0.05, 0) is 75.1 Å². The van der Waals surface area contributed by atoms with E-state index in [4.69, 9.17) is 33.3 Å². The molecule has 1 aliphatic rings. The van der Waals surface area contributed by atoms with Crippen LogP contribution in [0.5, 0.6) is 11.5 Å². The van der Waals surface area contributed by atoms with Crippen molar-refractivity contribution in [2.75, 3.05) is 27.4 Å². The standard InChI is InChI=1S/C37H50BN2O7P/c1-8-36(34(41)33(35(38)46-36)47-48(45-24-12-23-39)40(26(2)3)27(4)5)25-44-37(28-13-10-9-11-14-28,29-15-19-31(42-6)20-16-29)30-17-21-32(43-7)22-18-30/h9-11,13-22,26-27,33-35,41H,8,12,24-25,38H2,1-7H3/t33-,34+,35?,36-,48?/m1/s1. The minimum absolute atomic E-state index is 0.0626. The monoisotopic (exact) mass is 676 g/mol. The molecule has 2 unspecified atom stereocenters. The summed E-state index contributed by atoms with van der Waals surface area (Å²) in [5.74, 6) is 1.46. The average molecular weight is 677 g/mol. The van der Waals surface area contributed by atoms with Crippen LogP contribution in [0.25, 0.3) is 0 Å². The molecule has 0 aliphatic carbocycles. The van der Waals surface area contributed by atoms with E-state index < -0.39 is 37.9 Å². The van der Waals surface area contributed by atoms with Gasteiger partial charge in [0, 0.05) is 12.1 Å². The topological polar surface area (TPSA) is 103 Å². The maximum Gasteiger partial charge on any atom is 0.259 e. The highest BCUT2D eigenvalue weighted by molar-refractivity contribution is 7.44. The lowest BCUT2D eigenvalue weighted by atomic mass is 9.79. The van der Waals surface area contributed by atoms with Crippen molar-refractivity contribution < 1.29 is 33.1 Å². The Balaban J connectivity index is 1.75. The second-order valence-electron chi connectivity index (χ2n) is 12.6. The van der Waals surface area contributed by atoms with Crippen LogP contribution in [0.1, 0.15) is 64.2 Å². The van der Waals surface area contributed by atoms with E-state index in [1.165, 1.54) is 0 Å². The zero-order valence-corrected chi connectivity index (χ0v) is 30.4. The van der Waals surface area contributed by atoms with Crippen molar-refractivity contribution in [1.29, 1.82) is 5.26 Å². The Hall–Kier alpha value is -3.00. The Labute approximate surface area is 288 Å². The lowest BCUT2D eigenvalue weighted by Crippen LogP contribution is -2.49. The number of benzene rings is 3. The van der Waals surface area contributed by atoms with Gasteiger partial charge in [0.05, 0.1) is 45.9 Å². The van der Waals surface area contributed by atoms with Crippen LogP contribution >= 0.6 is 8.53 Å². The Kier molecular flexibility index (Phi) is 13.5. The normalized spacial score (nSPS) is 21.8. The summed E-state index contributed by atoms with van der Waals surface area (Å²) in [6, 6.07) is 27.7. The molecule has 11 heteroatoms. The minimum Gasteiger partial charge on any atom is -0.497 e. The Morgan fingerprint density at radius 3 is 1.90 bits per heavy atom. The summed E-state index contributed by atoms with van der Waals surface area (Å²) < 4.78 is 39.8. The largest absolute Gasteiger partial charge is 0.497 e. The quantitative estimate of drug-likeness (QED) is 0.0779. The molecule has 258 valence electrons. The van der Waals surface area contributed by atoms with Gasteiger partial charge in [0.2, 0.25) is 0 Å². The molecule has 1 heterocycles. The molecule has 48 heavy (non-hydrogen) atoms. The summed E-state index contributed by atoms with van der Waals surface area (Å²) in [5.41, 5.74) is 0.527. The van der Waals surface area contributed by atoms with Crippen molar-refractivity contribution in [3.63, 3.8) is 0 Å². The second-order valence-corrected chi connectivity index (χ2v) is 14.0. The summed E-state index contributed by atoms with van der Waals surface area (Å²) >= 11 is 0. The highest BCUT2D eigenvalue weighted by Crippen LogP contribution is 2.51. The fourth-order valence-corrected chi connectivity index (χ4v) is 8.22. The number of nitriles is 1. The van der Waals surface area contributed by atoms with Crippen molar-refractivity contribution >= 4 is 16.4 Å². The van der Waals surface area contributed by atoms with Crippen LogP contribution in [-0.2, 0) is 24.1 Å². The molecule has 0 saturated carbocycles. The molecule has 1 fully saturated rings. The highest BCUT2D eigenvalue weighted by atomic mass is 31.2. The molecule has 1 N–H and O–H groups in total. The lowest BCUT2D eigenvalue weighted by Gasteiger charge is -2.41. The summed E-state index contributed by atoms with van der Waals surface area (Å²) in [4.78, 5) is 0. The summed E-state index contributed by atoms with van der Waals surface area (Å²) in [6.07, 6.45) is -0.991. The van der Waals surface area contributed by atoms with Crippen LogP contribution < -0.4 is 9.47 Å². The van der Waals surface area contributed by atoms with Crippen LogP contribution in [0.15, 0.2) is 78.9 Å². The molecule has 1 aliphatic heterocycles. The molecular formula is C37H50BN2O7P. The maximum absolute atomic E-state index is 12.1. The highest BCUT2D eigenvalue weighted by Gasteiger charge is 2.55. The molecule has 9 nitrogen and oxygen atoms in total. The molecule has 4 rings (SSSR count). The molecule has 0 bridgehead atoms. The van der Waals surface area contributed by atoms with Crippen LogP contribution in [0, 0.1) is 11.3 Å². The smallest absolute Gasteiger partial charge is 0.259 e. The van der Waals surface area contributed by atoms with E-state index in [0.717, 1.165) is 28.2 Å². The van der Waals surface area contributed by atoms with E-state index in [9.17, 15) is 5.11 Å². The zero-order chi connectivity index (χ0) is 34.9. The van der Waals surface area contributed by atoms with Crippen molar-refractivity contribution in [2.45, 2.75) is 89.0 Å². The maximum atomic E-state index is 12.1. The van der Waals surface area contributed by atoms with Gasteiger partial charge >= 0.3 is 0 Å². The van der Waals surface area contributed by atoms with Crippen LogP contribution in [-0.4, -0.2) is 81.0 Å². The number of hydrogen-bond acceptors (Lipinski definition) is 9. The molecule has 3 aromatic carbocycles. The van der Waals surface area contributed by atoms with E-state index in [-0.39, 0.29) is 31.7 Å². The van der Waals surface area contributed by atoms with Gasteiger partial charge in [-0.25, -0.2) is 4.67 Å². The summed E-state index contributed by atoms with van der Waals surface area (Å²) in [6.45, 7) is 10.6. The Morgan fingerprint density at radius 2 is 1.44 bits per heavy atom. The SMILES string of the molecule is BC1O[C@](CC)(COC(c2ccccc2)(c2ccc(OC)cc2)c2ccc(OC)cc2)[C@@H](O)[C@H]1OP(OCCC#N)N(C(C)C)C(C)C. The van der Waals surface area contributed by atoms with Crippen molar-refractivity contribution in [2.24, 2.45) is 0 Å². The first kappa shape index (κ1) is 37.8. The zero-order valence-electron chi connectivity index (χ0n) is 29.5. The second kappa shape index (κ2) is 17.1. The van der Waals surface area contributed by atoms with E-state index in [2.05, 4.69) is 38.4 Å². The molecular weight excluding hydrogens is 626 g/mol. The van der Waals surface area contributed by atoms with Gasteiger partial charge in [-0.3, -0.25) is 0 Å². The van der Waals surface area contributed by atoms with Crippen LogP contribution in [0.2, 0.25) is 0 Å². The first-order valence-electron chi connectivity index (χ1n) is 16.7. The first-order valence-corrected chi connectivity index (χ1v) is 17.8. The number of nitrogens with zero attached hydrogens (tertiary/aromatic N) is 2. The summed E-state index contributed by atoms with van der Waals surface area (Å²) in [7, 11) is 3.61. The van der Waals surface area contributed by atoms with Crippen molar-refractivity contribution in [1.82, 2.24) is 4.67 Å². The number of methoxy groups -OCH3 is 2. The van der Waals surface area contributed by atoms with Gasteiger partial charge in [-0.15, -0.1) is 0 Å². The Bertz CT molecular complexity index is 1400. The van der Waals surface area contributed by atoms with E-state index in [1.807, 2.05) is 93.6 Å². The predicted molar refractivity (Wildman–Crippen MR) is 191 cm³/mol. The van der Waals surface area contributed by atoms with E-state index >= 15 is 0 Å². The first-order chi connectivity index (χ1) is 23.1. The number of rotatable bonds is 17. The van der Waals surface area contributed by atoms with Gasteiger partial charge in [0.15, 0.2) is 0 Å². The molecule has 0 amide bonds. The van der Waals surface area contributed by atoms with Crippen LogP contribution in [0.3, 0.4) is 0 Å². The molecule has 1 saturated heterocycles. The number of hydrogen-bond donors (Lipinski definition) is 1. The molecule has 5 atom stereocenters. The van der Waals surface area contributed by atoms with Gasteiger partial charge in [-0.1, -0.05) is 61.5 Å². The fraction of sp³-hybridized carbons (Fsp3) is 0.486. The van der Waals surface area contributed by atoms with Gasteiger partial charge in [0.25, 0.3) is 8.53 Å². The molecule has 0 radical (unpaired) electrons. The van der Waals surface area contributed by atoms with Gasteiger partial charge in [0.1, 0.15) is 42.8 Å². The number of aliphatic hydroxyl groups is 1. The third kappa shape index (κ3) is 8.06. The van der Waals surface area contributed by atoms with Crippen molar-refractivity contribution in [3.8, 4) is 17.6 Å². The summed E-state index contributed by atoms with van der Waals surface area (Å²) in [5, 5.41) is 21.3. The van der Waals surface area contributed by atoms with Gasteiger partial charge < -0.3 is 33.1 Å². The van der Waals surface area contributed by atoms with E-state index in [1.54, 1.807) is 14.2 Å². The number of ether oxygens (including phenoxy) is 4. The molecule has 0 spiro atoms. The average Bonchev–Trinajstić information content (AvgIpc) is 3.33. The molecule has 3 aromatic rings. The van der Waals surface area contributed by atoms with Gasteiger partial charge in [-0.2, -0.15) is 5.26 Å². The third-order valence-electron chi connectivity index (χ3n) is 8.91. The Morgan fingerprint density at radius 1 is 0.917 bits per heavy atom. The van der Waals surface area contributed by atoms with Crippen LogP contribution in [0.4, 0.5) is 0 Å². The number of aliphatic hydroxyl groups excluding tert-OH is 1. The van der Waals surface area contributed by atoms with E-state index in [0.29, 0.717) is 6.42 Å². The lowest BCUT2D eigenvalue weighted by molar-refractivity contribution is -0.142. The molecule has 0 aromatic heterocycles. The fourth-order valence-electron chi connectivity index (χ4n) is 6.42. The predicted octanol–water partition coefficient (Wildman–Crippen LogP) is 6.17. The third-order valence-corrected chi connectivity index (χ3v) is 11.0.